The van der Waals surface area contributed by atoms with Gasteiger partial charge in [-0.15, -0.1) is 0 Å². The molecule has 8 heteroatoms. The SMILES string of the molecule is O=C(NN1CNCC1c1ccccc1)OCCCN1CCC(C(=O)c2ccc(I)cc2)CC1. The zero-order chi connectivity index (χ0) is 23.0. The second kappa shape index (κ2) is 11.9. The third-order valence-electron chi connectivity index (χ3n) is 6.35. The highest BCUT2D eigenvalue weighted by Crippen LogP contribution is 2.23. The van der Waals surface area contributed by atoms with Crippen molar-refractivity contribution in [3.05, 3.63) is 69.3 Å². The van der Waals surface area contributed by atoms with Crippen molar-refractivity contribution in [1.82, 2.24) is 20.7 Å². The van der Waals surface area contributed by atoms with Gasteiger partial charge in [0.2, 0.25) is 0 Å². The van der Waals surface area contributed by atoms with Crippen LogP contribution < -0.4 is 10.7 Å². The normalized spacial score (nSPS) is 20.0. The maximum Gasteiger partial charge on any atom is 0.421 e. The summed E-state index contributed by atoms with van der Waals surface area (Å²) < 4.78 is 6.55. The zero-order valence-corrected chi connectivity index (χ0v) is 20.9. The molecule has 0 aliphatic carbocycles. The van der Waals surface area contributed by atoms with Gasteiger partial charge in [0.1, 0.15) is 0 Å². The van der Waals surface area contributed by atoms with E-state index in [1.165, 1.54) is 0 Å². The number of amides is 1. The van der Waals surface area contributed by atoms with Crippen LogP contribution in [0.3, 0.4) is 0 Å². The summed E-state index contributed by atoms with van der Waals surface area (Å²) in [4.78, 5) is 27.3. The molecule has 2 saturated heterocycles. The molecule has 1 amide bonds. The van der Waals surface area contributed by atoms with E-state index in [2.05, 4.69) is 50.4 Å². The van der Waals surface area contributed by atoms with Gasteiger partial charge in [-0.05, 0) is 72.6 Å². The first-order valence-corrected chi connectivity index (χ1v) is 12.7. The number of benzene rings is 2. The lowest BCUT2D eigenvalue weighted by molar-refractivity contribution is 0.0808. The van der Waals surface area contributed by atoms with Crippen molar-refractivity contribution in [1.29, 1.82) is 0 Å². The molecule has 33 heavy (non-hydrogen) atoms. The van der Waals surface area contributed by atoms with Crippen molar-refractivity contribution >= 4 is 34.5 Å². The maximum absolute atomic E-state index is 12.7. The van der Waals surface area contributed by atoms with Crippen molar-refractivity contribution in [2.45, 2.75) is 25.3 Å². The number of Topliss-reactive ketones (excluding diaryl/α,β-unsaturated/α-hetero) is 1. The number of nitrogens with zero attached hydrogens (tertiary/aromatic N) is 2. The molecule has 2 aromatic rings. The lowest BCUT2D eigenvalue weighted by Gasteiger charge is -2.31. The number of carbonyl (C=O) groups excluding carboxylic acids is 2. The maximum atomic E-state index is 12.7. The van der Waals surface area contributed by atoms with E-state index in [1.807, 2.05) is 47.5 Å². The van der Waals surface area contributed by atoms with Crippen LogP contribution in [-0.2, 0) is 4.74 Å². The molecule has 0 spiro atoms. The van der Waals surface area contributed by atoms with E-state index in [-0.39, 0.29) is 17.7 Å². The number of likely N-dealkylation sites (tertiary alicyclic amines) is 1. The van der Waals surface area contributed by atoms with Gasteiger partial charge in [-0.25, -0.2) is 4.79 Å². The number of hydrogen-bond acceptors (Lipinski definition) is 6. The number of nitrogens with one attached hydrogen (secondary N) is 2. The van der Waals surface area contributed by atoms with Gasteiger partial charge >= 0.3 is 6.09 Å². The molecule has 0 radical (unpaired) electrons. The Bertz CT molecular complexity index is 917. The van der Waals surface area contributed by atoms with Crippen LogP contribution in [0.15, 0.2) is 54.6 Å². The summed E-state index contributed by atoms with van der Waals surface area (Å²) in [6.45, 7) is 4.44. The van der Waals surface area contributed by atoms with Gasteiger partial charge in [0, 0.05) is 28.1 Å². The summed E-state index contributed by atoms with van der Waals surface area (Å²) in [5.41, 5.74) is 4.84. The summed E-state index contributed by atoms with van der Waals surface area (Å²) in [7, 11) is 0. The molecule has 1 unspecified atom stereocenters. The molecule has 2 fully saturated rings. The van der Waals surface area contributed by atoms with Crippen molar-refractivity contribution in [3.8, 4) is 0 Å². The Hall–Kier alpha value is -2.01. The molecule has 0 bridgehead atoms. The Labute approximate surface area is 209 Å². The number of halogens is 1. The van der Waals surface area contributed by atoms with Crippen LogP contribution in [-0.4, -0.2) is 61.2 Å². The minimum absolute atomic E-state index is 0.0993. The average molecular weight is 562 g/mol. The number of rotatable bonds is 8. The van der Waals surface area contributed by atoms with Gasteiger partial charge in [-0.3, -0.25) is 10.2 Å². The second-order valence-corrected chi connectivity index (χ2v) is 9.84. The van der Waals surface area contributed by atoms with E-state index in [4.69, 9.17) is 4.74 Å². The number of ether oxygens (including phenoxy) is 1. The number of piperidine rings is 1. The number of carbonyl (C=O) groups is 2. The highest BCUT2D eigenvalue weighted by atomic mass is 127. The molecule has 2 N–H and O–H groups in total. The predicted octanol–water partition coefficient (Wildman–Crippen LogP) is 3.82. The van der Waals surface area contributed by atoms with E-state index < -0.39 is 6.09 Å². The highest BCUT2D eigenvalue weighted by Gasteiger charge is 2.28. The van der Waals surface area contributed by atoms with Gasteiger partial charge in [0.15, 0.2) is 5.78 Å². The number of hydrazine groups is 1. The molecule has 176 valence electrons. The lowest BCUT2D eigenvalue weighted by Crippen LogP contribution is -2.43. The van der Waals surface area contributed by atoms with Gasteiger partial charge in [-0.1, -0.05) is 42.5 Å². The summed E-state index contributed by atoms with van der Waals surface area (Å²) in [5, 5.41) is 5.17. The first-order valence-electron chi connectivity index (χ1n) is 11.6. The van der Waals surface area contributed by atoms with Crippen LogP contribution in [0.2, 0.25) is 0 Å². The minimum Gasteiger partial charge on any atom is -0.449 e. The van der Waals surface area contributed by atoms with Crippen molar-refractivity contribution in [3.63, 3.8) is 0 Å². The topological polar surface area (TPSA) is 73.9 Å². The largest absolute Gasteiger partial charge is 0.449 e. The van der Waals surface area contributed by atoms with Crippen LogP contribution in [0.5, 0.6) is 0 Å². The van der Waals surface area contributed by atoms with Crippen LogP contribution in [0.25, 0.3) is 0 Å². The third kappa shape index (κ3) is 6.75. The summed E-state index contributed by atoms with van der Waals surface area (Å²) in [5.74, 6) is 0.367. The standard InChI is InChI=1S/C25H31IN4O3/c26-22-9-7-20(8-10-22)24(31)21-11-14-29(15-12-21)13-4-16-33-25(32)28-30-18-27-17-23(30)19-5-2-1-3-6-19/h1-3,5-10,21,23,27H,4,11-18H2,(H,28,32). The van der Waals surface area contributed by atoms with E-state index in [1.54, 1.807) is 0 Å². The molecular weight excluding hydrogens is 531 g/mol. The highest BCUT2D eigenvalue weighted by molar-refractivity contribution is 14.1. The quantitative estimate of drug-likeness (QED) is 0.290. The molecule has 2 heterocycles. The molecule has 4 rings (SSSR count). The first kappa shape index (κ1) is 24.1. The molecule has 2 aliphatic heterocycles. The van der Waals surface area contributed by atoms with E-state index in [0.29, 0.717) is 13.3 Å². The van der Waals surface area contributed by atoms with Crippen LogP contribution in [0.4, 0.5) is 4.79 Å². The monoisotopic (exact) mass is 562 g/mol. The molecule has 2 aromatic carbocycles. The molecule has 7 nitrogen and oxygen atoms in total. The van der Waals surface area contributed by atoms with Crippen LogP contribution >= 0.6 is 22.6 Å². The van der Waals surface area contributed by atoms with Crippen LogP contribution in [0.1, 0.15) is 41.2 Å². The summed E-state index contributed by atoms with van der Waals surface area (Å²) in [6, 6.07) is 18.1. The fourth-order valence-electron chi connectivity index (χ4n) is 4.50. The first-order chi connectivity index (χ1) is 16.1. The summed E-state index contributed by atoms with van der Waals surface area (Å²) in [6.07, 6.45) is 2.13. The predicted molar refractivity (Wildman–Crippen MR) is 136 cm³/mol. The number of hydrogen-bond donors (Lipinski definition) is 2. The third-order valence-corrected chi connectivity index (χ3v) is 7.07. The second-order valence-electron chi connectivity index (χ2n) is 8.60. The average Bonchev–Trinajstić information content (AvgIpc) is 3.31. The van der Waals surface area contributed by atoms with Crippen LogP contribution in [0, 0.1) is 9.49 Å². The lowest BCUT2D eigenvalue weighted by atomic mass is 9.89. The number of ketones is 1. The molecule has 1 atom stereocenters. The fourth-order valence-corrected chi connectivity index (χ4v) is 4.86. The minimum atomic E-state index is -0.415. The Morgan fingerprint density at radius 3 is 2.52 bits per heavy atom. The van der Waals surface area contributed by atoms with Crippen molar-refractivity contribution < 1.29 is 14.3 Å². The Morgan fingerprint density at radius 1 is 1.06 bits per heavy atom. The van der Waals surface area contributed by atoms with E-state index >= 15 is 0 Å². The molecule has 0 saturated carbocycles. The molecular formula is C25H31IN4O3. The van der Waals surface area contributed by atoms with Gasteiger partial charge < -0.3 is 15.0 Å². The van der Waals surface area contributed by atoms with Crippen molar-refractivity contribution in [2.24, 2.45) is 5.92 Å². The van der Waals surface area contributed by atoms with E-state index in [0.717, 1.165) is 60.1 Å². The van der Waals surface area contributed by atoms with Gasteiger partial charge in [-0.2, -0.15) is 5.01 Å². The van der Waals surface area contributed by atoms with E-state index in [9.17, 15) is 9.59 Å². The Kier molecular flexibility index (Phi) is 8.71. The van der Waals surface area contributed by atoms with Crippen molar-refractivity contribution in [2.75, 3.05) is 39.5 Å². The molecule has 0 aromatic heterocycles. The fraction of sp³-hybridized carbons (Fsp3) is 0.440. The smallest absolute Gasteiger partial charge is 0.421 e. The zero-order valence-electron chi connectivity index (χ0n) is 18.7. The Morgan fingerprint density at radius 2 is 1.79 bits per heavy atom. The Balaban J connectivity index is 1.12. The molecule has 2 aliphatic rings. The van der Waals surface area contributed by atoms with Gasteiger partial charge in [0.25, 0.3) is 0 Å². The summed E-state index contributed by atoms with van der Waals surface area (Å²) >= 11 is 2.25. The van der Waals surface area contributed by atoms with Gasteiger partial charge in [0.05, 0.1) is 19.3 Å².